The Kier molecular flexibility index (Phi) is 7.48. The normalized spacial score (nSPS) is 25.7. The summed E-state index contributed by atoms with van der Waals surface area (Å²) < 4.78 is 1.97. The Morgan fingerprint density at radius 3 is 2.78 bits per heavy atom. The molecule has 0 aromatic carbocycles. The monoisotopic (exact) mass is 413 g/mol. The molecule has 3 fully saturated rings. The number of nitrogens with zero attached hydrogens (tertiary/aromatic N) is 3. The molecule has 1 unspecified atom stereocenters. The Morgan fingerprint density at radius 2 is 2.07 bits per heavy atom. The summed E-state index contributed by atoms with van der Waals surface area (Å²) >= 11 is 2.05. The van der Waals surface area contributed by atoms with Crippen LogP contribution in [0.25, 0.3) is 0 Å². The predicted molar refractivity (Wildman–Crippen MR) is 113 cm³/mol. The highest BCUT2D eigenvalue weighted by molar-refractivity contribution is 7.99. The van der Waals surface area contributed by atoms with Gasteiger partial charge in [0.15, 0.2) is 0 Å². The van der Waals surface area contributed by atoms with Crippen LogP contribution in [0.15, 0.2) is 12.3 Å². The van der Waals surface area contributed by atoms with E-state index in [2.05, 4.69) is 20.6 Å². The standard InChI is InChI=1S/C19H31N5OS.ClH/c25-18(17-5-9-24(22-17)16-4-3-8-20-14-16)21-15-19(6-1-2-7-19)23-10-12-26-13-11-23;/h5,9,16,20H,1-4,6-8,10-15H2,(H,21,25);1H. The van der Waals surface area contributed by atoms with E-state index < -0.39 is 0 Å². The first-order valence-electron chi connectivity index (χ1n) is 10.1. The van der Waals surface area contributed by atoms with Crippen LogP contribution in [0.1, 0.15) is 55.1 Å². The predicted octanol–water partition coefficient (Wildman–Crippen LogP) is 2.32. The molecule has 3 heterocycles. The van der Waals surface area contributed by atoms with E-state index in [1.54, 1.807) is 0 Å². The zero-order chi connectivity index (χ0) is 17.8. The second kappa shape index (κ2) is 9.63. The van der Waals surface area contributed by atoms with Crippen LogP contribution >= 0.6 is 24.2 Å². The van der Waals surface area contributed by atoms with Crippen molar-refractivity contribution in [2.45, 2.75) is 50.1 Å². The van der Waals surface area contributed by atoms with E-state index >= 15 is 0 Å². The molecule has 8 heteroatoms. The first-order valence-corrected chi connectivity index (χ1v) is 11.3. The zero-order valence-corrected chi connectivity index (χ0v) is 17.6. The Labute approximate surface area is 172 Å². The summed E-state index contributed by atoms with van der Waals surface area (Å²) in [6.07, 6.45) is 9.24. The largest absolute Gasteiger partial charge is 0.349 e. The van der Waals surface area contributed by atoms with E-state index in [1.807, 2.05) is 28.7 Å². The van der Waals surface area contributed by atoms with Crippen LogP contribution in [-0.4, -0.2) is 70.4 Å². The van der Waals surface area contributed by atoms with Gasteiger partial charge in [0.1, 0.15) is 5.69 Å². The molecule has 1 saturated carbocycles. The van der Waals surface area contributed by atoms with Gasteiger partial charge in [-0.3, -0.25) is 14.4 Å². The molecule has 0 spiro atoms. The average Bonchev–Trinajstić information content (AvgIpc) is 3.38. The van der Waals surface area contributed by atoms with Gasteiger partial charge in [-0.25, -0.2) is 0 Å². The number of thioether (sulfide) groups is 1. The lowest BCUT2D eigenvalue weighted by molar-refractivity contribution is 0.0812. The fourth-order valence-electron chi connectivity index (χ4n) is 4.73. The van der Waals surface area contributed by atoms with E-state index in [-0.39, 0.29) is 23.9 Å². The topological polar surface area (TPSA) is 62.2 Å². The van der Waals surface area contributed by atoms with Crippen LogP contribution in [0, 0.1) is 0 Å². The van der Waals surface area contributed by atoms with Crippen LogP contribution < -0.4 is 10.6 Å². The smallest absolute Gasteiger partial charge is 0.271 e. The highest BCUT2D eigenvalue weighted by Gasteiger charge is 2.40. The molecule has 4 rings (SSSR count). The Bertz CT molecular complexity index is 607. The van der Waals surface area contributed by atoms with Crippen molar-refractivity contribution in [1.29, 1.82) is 0 Å². The number of aromatic nitrogens is 2. The molecule has 2 aliphatic heterocycles. The van der Waals surface area contributed by atoms with E-state index in [9.17, 15) is 4.79 Å². The number of carbonyl (C=O) groups is 1. The highest BCUT2D eigenvalue weighted by atomic mass is 35.5. The molecule has 6 nitrogen and oxygen atoms in total. The van der Waals surface area contributed by atoms with Crippen LogP contribution in [0.3, 0.4) is 0 Å². The van der Waals surface area contributed by atoms with Gasteiger partial charge >= 0.3 is 0 Å². The van der Waals surface area contributed by atoms with Crippen molar-refractivity contribution in [2.24, 2.45) is 0 Å². The summed E-state index contributed by atoms with van der Waals surface area (Å²) in [6, 6.07) is 2.24. The molecule has 0 radical (unpaired) electrons. The first kappa shape index (κ1) is 21.0. The first-order chi connectivity index (χ1) is 12.8. The SMILES string of the molecule is Cl.O=C(NCC1(N2CCSCC2)CCCC1)c1ccn(C2CCCNC2)n1. The van der Waals surface area contributed by atoms with Crippen molar-refractivity contribution in [1.82, 2.24) is 25.3 Å². The van der Waals surface area contributed by atoms with Crippen LogP contribution in [0.5, 0.6) is 0 Å². The minimum Gasteiger partial charge on any atom is -0.349 e. The van der Waals surface area contributed by atoms with Crippen LogP contribution in [0.4, 0.5) is 0 Å². The number of piperidine rings is 1. The molecule has 2 saturated heterocycles. The maximum absolute atomic E-state index is 12.7. The summed E-state index contributed by atoms with van der Waals surface area (Å²) in [5.41, 5.74) is 0.727. The van der Waals surface area contributed by atoms with Gasteiger partial charge in [0.25, 0.3) is 5.91 Å². The van der Waals surface area contributed by atoms with Gasteiger partial charge in [-0.2, -0.15) is 16.9 Å². The fraction of sp³-hybridized carbons (Fsp3) is 0.789. The van der Waals surface area contributed by atoms with Crippen molar-refractivity contribution in [3.8, 4) is 0 Å². The van der Waals surface area contributed by atoms with Gasteiger partial charge < -0.3 is 10.6 Å². The van der Waals surface area contributed by atoms with Gasteiger partial charge in [0.05, 0.1) is 6.04 Å². The van der Waals surface area contributed by atoms with E-state index in [0.717, 1.165) is 39.1 Å². The summed E-state index contributed by atoms with van der Waals surface area (Å²) in [7, 11) is 0. The number of rotatable bonds is 5. The molecular formula is C19H32ClN5OS. The van der Waals surface area contributed by atoms with Gasteiger partial charge in [-0.05, 0) is 38.3 Å². The van der Waals surface area contributed by atoms with E-state index in [0.29, 0.717) is 11.7 Å². The summed E-state index contributed by atoms with van der Waals surface area (Å²) in [6.45, 7) is 5.10. The lowest BCUT2D eigenvalue weighted by atomic mass is 9.94. The maximum atomic E-state index is 12.7. The Hall–Kier alpha value is -0.760. The minimum atomic E-state index is -0.0230. The maximum Gasteiger partial charge on any atom is 0.271 e. The average molecular weight is 414 g/mol. The second-order valence-electron chi connectivity index (χ2n) is 7.89. The third kappa shape index (κ3) is 4.81. The fourth-order valence-corrected chi connectivity index (χ4v) is 5.64. The summed E-state index contributed by atoms with van der Waals surface area (Å²) in [5, 5.41) is 11.2. The number of hydrogen-bond acceptors (Lipinski definition) is 5. The minimum absolute atomic E-state index is 0. The molecular weight excluding hydrogens is 382 g/mol. The molecule has 1 atom stereocenters. The number of halogens is 1. The highest BCUT2D eigenvalue weighted by Crippen LogP contribution is 2.36. The molecule has 1 aromatic heterocycles. The van der Waals surface area contributed by atoms with Crippen molar-refractivity contribution in [3.05, 3.63) is 18.0 Å². The Balaban J connectivity index is 0.00000210. The third-order valence-corrected chi connectivity index (χ3v) is 7.22. The number of hydrogen-bond donors (Lipinski definition) is 2. The van der Waals surface area contributed by atoms with Crippen LogP contribution in [-0.2, 0) is 0 Å². The lowest BCUT2D eigenvalue weighted by Gasteiger charge is -2.43. The molecule has 1 amide bonds. The number of amides is 1. The molecule has 3 aliphatic rings. The second-order valence-corrected chi connectivity index (χ2v) is 9.12. The quantitative estimate of drug-likeness (QED) is 0.775. The van der Waals surface area contributed by atoms with E-state index in [1.165, 1.54) is 43.6 Å². The molecule has 152 valence electrons. The molecule has 0 bridgehead atoms. The number of nitrogens with one attached hydrogen (secondary N) is 2. The third-order valence-electron chi connectivity index (χ3n) is 6.28. The van der Waals surface area contributed by atoms with Crippen molar-refractivity contribution < 1.29 is 4.79 Å². The summed E-state index contributed by atoms with van der Waals surface area (Å²) in [5.74, 6) is 2.41. The molecule has 2 N–H and O–H groups in total. The molecule has 1 aromatic rings. The van der Waals surface area contributed by atoms with Gasteiger partial charge in [0, 0.05) is 49.4 Å². The van der Waals surface area contributed by atoms with Gasteiger partial charge in [0.2, 0.25) is 0 Å². The molecule has 27 heavy (non-hydrogen) atoms. The van der Waals surface area contributed by atoms with Crippen molar-refractivity contribution in [3.63, 3.8) is 0 Å². The van der Waals surface area contributed by atoms with Gasteiger partial charge in [-0.1, -0.05) is 12.8 Å². The van der Waals surface area contributed by atoms with Crippen molar-refractivity contribution >= 4 is 30.1 Å². The molecule has 1 aliphatic carbocycles. The Morgan fingerprint density at radius 1 is 1.30 bits per heavy atom. The van der Waals surface area contributed by atoms with Crippen LogP contribution in [0.2, 0.25) is 0 Å². The van der Waals surface area contributed by atoms with E-state index in [4.69, 9.17) is 0 Å². The lowest BCUT2D eigenvalue weighted by Crippen LogP contribution is -2.56. The van der Waals surface area contributed by atoms with Crippen molar-refractivity contribution in [2.75, 3.05) is 44.2 Å². The summed E-state index contributed by atoms with van der Waals surface area (Å²) in [4.78, 5) is 15.3. The van der Waals surface area contributed by atoms with Gasteiger partial charge in [-0.15, -0.1) is 12.4 Å². The number of carbonyl (C=O) groups excluding carboxylic acids is 1. The zero-order valence-electron chi connectivity index (χ0n) is 16.0.